The second-order valence-corrected chi connectivity index (χ2v) is 9.14. The average molecular weight is 430 g/mol. The zero-order valence-electron chi connectivity index (χ0n) is 18.8. The van der Waals surface area contributed by atoms with Gasteiger partial charge < -0.3 is 24.2 Å². The van der Waals surface area contributed by atoms with Crippen LogP contribution in [0.3, 0.4) is 0 Å². The number of amides is 2. The number of nitrogens with zero attached hydrogens (tertiary/aromatic N) is 3. The first-order valence-corrected chi connectivity index (χ1v) is 11.5. The Balaban J connectivity index is 1.28. The van der Waals surface area contributed by atoms with Crippen LogP contribution in [0.2, 0.25) is 0 Å². The Bertz CT molecular complexity index is 783. The van der Waals surface area contributed by atoms with Crippen LogP contribution in [-0.4, -0.2) is 80.2 Å². The maximum atomic E-state index is 13.0. The molecular formula is C24H35N3O4. The van der Waals surface area contributed by atoms with Crippen LogP contribution >= 0.6 is 0 Å². The second-order valence-electron chi connectivity index (χ2n) is 9.14. The molecule has 3 heterocycles. The molecule has 3 saturated heterocycles. The van der Waals surface area contributed by atoms with Gasteiger partial charge in [0.15, 0.2) is 0 Å². The smallest absolute Gasteiger partial charge is 0.222 e. The number of piperidine rings is 1. The highest BCUT2D eigenvalue weighted by Crippen LogP contribution is 2.39. The number of hydrogen-bond donors (Lipinski definition) is 0. The van der Waals surface area contributed by atoms with Gasteiger partial charge in [0.25, 0.3) is 0 Å². The molecule has 31 heavy (non-hydrogen) atoms. The van der Waals surface area contributed by atoms with Gasteiger partial charge in [-0.25, -0.2) is 0 Å². The second kappa shape index (κ2) is 9.47. The number of carbonyl (C=O) groups is 2. The molecule has 1 aromatic rings. The number of ether oxygens (including phenoxy) is 2. The fourth-order valence-electron chi connectivity index (χ4n) is 5.34. The molecule has 0 saturated carbocycles. The lowest BCUT2D eigenvalue weighted by molar-refractivity contribution is -0.148. The lowest BCUT2D eigenvalue weighted by atomic mass is 9.78. The van der Waals surface area contributed by atoms with E-state index in [0.29, 0.717) is 12.3 Å². The molecule has 3 aliphatic heterocycles. The van der Waals surface area contributed by atoms with Crippen molar-refractivity contribution in [3.63, 3.8) is 0 Å². The maximum Gasteiger partial charge on any atom is 0.222 e. The minimum Gasteiger partial charge on any atom is -0.495 e. The molecule has 2 amide bonds. The van der Waals surface area contributed by atoms with Gasteiger partial charge in [0.05, 0.1) is 18.4 Å². The van der Waals surface area contributed by atoms with Crippen molar-refractivity contribution in [3.05, 3.63) is 24.3 Å². The summed E-state index contributed by atoms with van der Waals surface area (Å²) < 4.78 is 11.7. The molecule has 7 nitrogen and oxygen atoms in total. The van der Waals surface area contributed by atoms with E-state index in [4.69, 9.17) is 9.47 Å². The van der Waals surface area contributed by atoms with E-state index in [1.165, 1.54) is 0 Å². The lowest BCUT2D eigenvalue weighted by Crippen LogP contribution is -2.52. The summed E-state index contributed by atoms with van der Waals surface area (Å²) in [6, 6.07) is 8.06. The van der Waals surface area contributed by atoms with Gasteiger partial charge in [-0.05, 0) is 43.7 Å². The molecule has 3 fully saturated rings. The summed E-state index contributed by atoms with van der Waals surface area (Å²) in [5.74, 6) is 1.66. The van der Waals surface area contributed by atoms with E-state index in [2.05, 4.69) is 11.0 Å². The summed E-state index contributed by atoms with van der Waals surface area (Å²) in [5.41, 5.74) is 0.956. The van der Waals surface area contributed by atoms with Crippen LogP contribution in [0, 0.1) is 5.92 Å². The topological polar surface area (TPSA) is 62.3 Å². The Morgan fingerprint density at radius 2 is 1.77 bits per heavy atom. The zero-order chi connectivity index (χ0) is 21.8. The standard InChI is InChI=1S/C24H35N3O4/c1-19(28)25-10-8-24(9-11-25)18-20(7-16-31-24)17-23(29)27-14-12-26(13-15-27)21-5-3-4-6-22(21)30-2/h3-6,20H,7-18H2,1-2H3/t20-/m1/s1. The average Bonchev–Trinajstić information content (AvgIpc) is 2.79. The molecule has 0 aliphatic carbocycles. The Morgan fingerprint density at radius 3 is 2.45 bits per heavy atom. The van der Waals surface area contributed by atoms with E-state index in [1.807, 2.05) is 28.0 Å². The highest BCUT2D eigenvalue weighted by atomic mass is 16.5. The highest BCUT2D eigenvalue weighted by molar-refractivity contribution is 5.77. The molecule has 1 atom stereocenters. The lowest BCUT2D eigenvalue weighted by Gasteiger charge is -2.46. The zero-order valence-corrected chi connectivity index (χ0v) is 18.8. The fourth-order valence-corrected chi connectivity index (χ4v) is 5.34. The van der Waals surface area contributed by atoms with E-state index in [1.54, 1.807) is 14.0 Å². The van der Waals surface area contributed by atoms with E-state index in [-0.39, 0.29) is 17.4 Å². The molecule has 170 valence electrons. The predicted molar refractivity (Wildman–Crippen MR) is 119 cm³/mol. The predicted octanol–water partition coefficient (Wildman–Crippen LogP) is 2.54. The van der Waals surface area contributed by atoms with Gasteiger partial charge in [-0.2, -0.15) is 0 Å². The van der Waals surface area contributed by atoms with Crippen LogP contribution < -0.4 is 9.64 Å². The van der Waals surface area contributed by atoms with Crippen LogP contribution in [-0.2, 0) is 14.3 Å². The minimum absolute atomic E-state index is 0.141. The van der Waals surface area contributed by atoms with Gasteiger partial charge >= 0.3 is 0 Å². The summed E-state index contributed by atoms with van der Waals surface area (Å²) >= 11 is 0. The molecule has 3 aliphatic rings. The van der Waals surface area contributed by atoms with Gasteiger partial charge in [0.1, 0.15) is 5.75 Å². The summed E-state index contributed by atoms with van der Waals surface area (Å²) in [6.45, 7) is 7.03. The number of benzene rings is 1. The van der Waals surface area contributed by atoms with Crippen LogP contribution in [0.25, 0.3) is 0 Å². The monoisotopic (exact) mass is 429 g/mol. The quantitative estimate of drug-likeness (QED) is 0.736. The fraction of sp³-hybridized carbons (Fsp3) is 0.667. The molecular weight excluding hydrogens is 394 g/mol. The normalized spacial score (nSPS) is 23.7. The molecule has 0 bridgehead atoms. The largest absolute Gasteiger partial charge is 0.495 e. The number of piperazine rings is 1. The molecule has 1 spiro atoms. The van der Waals surface area contributed by atoms with Crippen molar-refractivity contribution < 1.29 is 19.1 Å². The van der Waals surface area contributed by atoms with Crippen LogP contribution in [0.1, 0.15) is 39.0 Å². The number of methoxy groups -OCH3 is 1. The van der Waals surface area contributed by atoms with Crippen LogP contribution in [0.4, 0.5) is 5.69 Å². The molecule has 0 radical (unpaired) electrons. The van der Waals surface area contributed by atoms with E-state index in [0.717, 1.165) is 83.0 Å². The summed E-state index contributed by atoms with van der Waals surface area (Å²) in [4.78, 5) is 30.9. The third-order valence-corrected chi connectivity index (χ3v) is 7.24. The molecule has 0 aromatic heterocycles. The molecule has 0 N–H and O–H groups in total. The summed E-state index contributed by atoms with van der Waals surface area (Å²) in [7, 11) is 1.70. The number of likely N-dealkylation sites (tertiary alicyclic amines) is 1. The van der Waals surface area contributed by atoms with Crippen molar-refractivity contribution in [2.24, 2.45) is 5.92 Å². The van der Waals surface area contributed by atoms with Crippen molar-refractivity contribution >= 4 is 17.5 Å². The van der Waals surface area contributed by atoms with E-state index in [9.17, 15) is 9.59 Å². The Hall–Kier alpha value is -2.28. The first kappa shape index (κ1) is 21.9. The van der Waals surface area contributed by atoms with Crippen molar-refractivity contribution in [2.45, 2.75) is 44.6 Å². The third kappa shape index (κ3) is 4.97. The molecule has 1 aromatic carbocycles. The van der Waals surface area contributed by atoms with Crippen molar-refractivity contribution in [2.75, 3.05) is 57.9 Å². The minimum atomic E-state index is -0.141. The van der Waals surface area contributed by atoms with Gasteiger partial charge in [-0.1, -0.05) is 12.1 Å². The van der Waals surface area contributed by atoms with Gasteiger partial charge in [0.2, 0.25) is 11.8 Å². The van der Waals surface area contributed by atoms with Crippen molar-refractivity contribution in [1.29, 1.82) is 0 Å². The van der Waals surface area contributed by atoms with Crippen molar-refractivity contribution in [3.8, 4) is 5.75 Å². The first-order chi connectivity index (χ1) is 15.0. The van der Waals surface area contributed by atoms with E-state index < -0.39 is 0 Å². The van der Waals surface area contributed by atoms with Gasteiger partial charge in [-0.15, -0.1) is 0 Å². The van der Waals surface area contributed by atoms with Crippen molar-refractivity contribution in [1.82, 2.24) is 9.80 Å². The molecule has 7 heteroatoms. The number of anilines is 1. The van der Waals surface area contributed by atoms with Gasteiger partial charge in [0, 0.05) is 59.2 Å². The summed E-state index contributed by atoms with van der Waals surface area (Å²) in [6.07, 6.45) is 4.26. The third-order valence-electron chi connectivity index (χ3n) is 7.24. The maximum absolute atomic E-state index is 13.0. The van der Waals surface area contributed by atoms with Gasteiger partial charge in [-0.3, -0.25) is 9.59 Å². The first-order valence-electron chi connectivity index (χ1n) is 11.5. The Kier molecular flexibility index (Phi) is 6.70. The molecule has 0 unspecified atom stereocenters. The van der Waals surface area contributed by atoms with Crippen LogP contribution in [0.15, 0.2) is 24.3 Å². The Labute approximate surface area is 185 Å². The number of para-hydroxylation sites is 2. The number of carbonyl (C=O) groups excluding carboxylic acids is 2. The number of rotatable bonds is 4. The highest BCUT2D eigenvalue weighted by Gasteiger charge is 2.41. The Morgan fingerprint density at radius 1 is 1.06 bits per heavy atom. The SMILES string of the molecule is COc1ccccc1N1CCN(C(=O)C[C@H]2CCOC3(CCN(C(C)=O)CC3)C2)CC1. The van der Waals surface area contributed by atoms with Crippen LogP contribution in [0.5, 0.6) is 5.75 Å². The number of hydrogen-bond acceptors (Lipinski definition) is 5. The summed E-state index contributed by atoms with van der Waals surface area (Å²) in [5, 5.41) is 0. The van der Waals surface area contributed by atoms with E-state index >= 15 is 0 Å². The molecule has 4 rings (SSSR count).